The van der Waals surface area contributed by atoms with E-state index >= 15 is 0 Å². The zero-order valence-corrected chi connectivity index (χ0v) is 29.8. The van der Waals surface area contributed by atoms with Gasteiger partial charge in [-0.1, -0.05) is 42.8 Å². The summed E-state index contributed by atoms with van der Waals surface area (Å²) in [6.07, 6.45) is 1.31. The fraction of sp³-hybridized carbons (Fsp3) is 0.457. The van der Waals surface area contributed by atoms with Crippen molar-refractivity contribution < 1.29 is 36.2 Å². The predicted octanol–water partition coefficient (Wildman–Crippen LogP) is 4.91. The molecule has 0 fully saturated rings. The van der Waals surface area contributed by atoms with Crippen molar-refractivity contribution in [1.82, 2.24) is 9.21 Å². The summed E-state index contributed by atoms with van der Waals surface area (Å²) in [5.74, 6) is -0.529. The van der Waals surface area contributed by atoms with Crippen molar-refractivity contribution in [2.45, 2.75) is 75.0 Å². The van der Waals surface area contributed by atoms with Gasteiger partial charge in [0.05, 0.1) is 40.2 Å². The average Bonchev–Trinajstić information content (AvgIpc) is 3.06. The average molecular weight is 702 g/mol. The summed E-state index contributed by atoms with van der Waals surface area (Å²) in [6, 6.07) is 18.6. The molecule has 0 bridgehead atoms. The van der Waals surface area contributed by atoms with Crippen molar-refractivity contribution in [2.75, 3.05) is 38.1 Å². The van der Waals surface area contributed by atoms with Gasteiger partial charge < -0.3 is 19.5 Å². The number of carbonyl (C=O) groups excluding carboxylic acids is 1. The Hall–Kier alpha value is -3.49. The van der Waals surface area contributed by atoms with Gasteiger partial charge in [0.1, 0.15) is 5.75 Å². The fourth-order valence-corrected chi connectivity index (χ4v) is 7.76. The second-order valence-electron chi connectivity index (χ2n) is 12.5. The first-order valence-electron chi connectivity index (χ1n) is 16.2. The Kier molecular flexibility index (Phi) is 12.7. The van der Waals surface area contributed by atoms with Gasteiger partial charge in [-0.25, -0.2) is 16.8 Å². The molecule has 0 spiro atoms. The number of nitrogens with zero attached hydrogens (tertiary/aromatic N) is 2. The van der Waals surface area contributed by atoms with E-state index in [1.165, 1.54) is 34.5 Å². The highest BCUT2D eigenvalue weighted by molar-refractivity contribution is 7.92. The number of anilines is 1. The third-order valence-electron chi connectivity index (χ3n) is 8.52. The van der Waals surface area contributed by atoms with Gasteiger partial charge in [0, 0.05) is 38.3 Å². The van der Waals surface area contributed by atoms with E-state index in [4.69, 9.17) is 9.47 Å². The molecule has 3 aromatic carbocycles. The van der Waals surface area contributed by atoms with Crippen LogP contribution in [0.2, 0.25) is 0 Å². The van der Waals surface area contributed by atoms with Gasteiger partial charge in [-0.15, -0.1) is 0 Å². The van der Waals surface area contributed by atoms with Gasteiger partial charge in [-0.3, -0.25) is 9.52 Å². The van der Waals surface area contributed by atoms with Crippen molar-refractivity contribution in [3.63, 3.8) is 0 Å². The number of fused-ring (bicyclic) bond motifs is 1. The lowest BCUT2D eigenvalue weighted by Crippen LogP contribution is -2.48. The third-order valence-corrected chi connectivity index (χ3v) is 11.8. The van der Waals surface area contributed by atoms with Crippen molar-refractivity contribution in [3.8, 4) is 5.75 Å². The van der Waals surface area contributed by atoms with E-state index in [9.17, 15) is 26.7 Å². The summed E-state index contributed by atoms with van der Waals surface area (Å²) in [7, 11) is -6.23. The second-order valence-corrected chi connectivity index (χ2v) is 16.3. The highest BCUT2D eigenvalue weighted by Gasteiger charge is 2.32. The molecular formula is C35H47N3O8S2. The van der Waals surface area contributed by atoms with E-state index in [0.29, 0.717) is 25.2 Å². The SMILES string of the molecule is Cc1ccc(S(=O)(=O)N(C)C[C@H]2OCCCC[C@H](C)Oc3ccc(NS(=O)(=O)c4ccccc4)cc3C(=O)N([C@H](C)CO)C[C@H]2C)cc1. The van der Waals surface area contributed by atoms with Gasteiger partial charge in [0.2, 0.25) is 10.0 Å². The van der Waals surface area contributed by atoms with Gasteiger partial charge in [-0.2, -0.15) is 4.31 Å². The second kappa shape index (κ2) is 16.3. The molecule has 1 amide bonds. The lowest BCUT2D eigenvalue weighted by atomic mass is 10.0. The third kappa shape index (κ3) is 9.35. The molecule has 1 heterocycles. The number of carbonyl (C=O) groups is 1. The molecule has 4 rings (SSSR count). The molecule has 262 valence electrons. The van der Waals surface area contributed by atoms with Crippen LogP contribution in [0.4, 0.5) is 5.69 Å². The van der Waals surface area contributed by atoms with Crippen molar-refractivity contribution in [1.29, 1.82) is 0 Å². The van der Waals surface area contributed by atoms with Crippen LogP contribution in [-0.4, -0.2) is 88.7 Å². The number of aryl methyl sites for hydroxylation is 1. The van der Waals surface area contributed by atoms with Gasteiger partial charge >= 0.3 is 0 Å². The molecule has 0 saturated heterocycles. The van der Waals surface area contributed by atoms with Crippen molar-refractivity contribution in [2.24, 2.45) is 5.92 Å². The van der Waals surface area contributed by atoms with Crippen LogP contribution in [-0.2, 0) is 24.8 Å². The molecule has 1 aliphatic heterocycles. The minimum absolute atomic E-state index is 0.0500. The first-order chi connectivity index (χ1) is 22.7. The maximum Gasteiger partial charge on any atom is 0.261 e. The number of ether oxygens (including phenoxy) is 2. The maximum absolute atomic E-state index is 14.4. The fourth-order valence-electron chi connectivity index (χ4n) is 5.50. The lowest BCUT2D eigenvalue weighted by Gasteiger charge is -2.35. The van der Waals surface area contributed by atoms with Crippen LogP contribution in [0.5, 0.6) is 5.75 Å². The minimum Gasteiger partial charge on any atom is -0.490 e. The van der Waals surface area contributed by atoms with Crippen LogP contribution in [0.3, 0.4) is 0 Å². The zero-order valence-electron chi connectivity index (χ0n) is 28.2. The molecule has 2 N–H and O–H groups in total. The number of benzene rings is 3. The molecule has 48 heavy (non-hydrogen) atoms. The molecule has 0 aromatic heterocycles. The molecule has 11 nitrogen and oxygen atoms in total. The summed E-state index contributed by atoms with van der Waals surface area (Å²) in [5.41, 5.74) is 1.26. The quantitative estimate of drug-likeness (QED) is 0.321. The van der Waals surface area contributed by atoms with Crippen LogP contribution < -0.4 is 9.46 Å². The Labute approximate surface area is 285 Å². The first-order valence-corrected chi connectivity index (χ1v) is 19.1. The van der Waals surface area contributed by atoms with E-state index < -0.39 is 38.1 Å². The zero-order chi connectivity index (χ0) is 35.1. The van der Waals surface area contributed by atoms with Crippen LogP contribution in [0.15, 0.2) is 82.6 Å². The largest absolute Gasteiger partial charge is 0.490 e. The standard InChI is InChI=1S/C35H47N3O8S2/c1-25-14-17-31(18-15-25)48(43,44)37(5)23-34-26(2)22-38(27(3)24-39)35(40)32-21-29(36-47(41,42)30-12-7-6-8-13-30)16-19-33(32)46-28(4)11-9-10-20-45-34/h6-8,12-19,21,26-28,34,36,39H,9-11,20,22-24H2,1-5H3/t26-,27-,28+,34-/m1/s1. The van der Waals surface area contributed by atoms with Crippen LogP contribution >= 0.6 is 0 Å². The van der Waals surface area contributed by atoms with Crippen LogP contribution in [0.25, 0.3) is 0 Å². The topological polar surface area (TPSA) is 143 Å². The molecule has 4 atom stereocenters. The monoisotopic (exact) mass is 701 g/mol. The number of sulfonamides is 2. The van der Waals surface area contributed by atoms with Gasteiger partial charge in [0.15, 0.2) is 0 Å². The van der Waals surface area contributed by atoms with E-state index in [-0.39, 0.29) is 52.8 Å². The molecule has 3 aromatic rings. The van der Waals surface area contributed by atoms with E-state index in [2.05, 4.69) is 4.72 Å². The Balaban J connectivity index is 1.67. The maximum atomic E-state index is 14.4. The van der Waals surface area contributed by atoms with Crippen LogP contribution in [0.1, 0.15) is 56.0 Å². The Morgan fingerprint density at radius 1 is 0.979 bits per heavy atom. The summed E-state index contributed by atoms with van der Waals surface area (Å²) < 4.78 is 69.5. The number of nitrogens with one attached hydrogen (secondary N) is 1. The summed E-state index contributed by atoms with van der Waals surface area (Å²) in [4.78, 5) is 16.1. The molecule has 0 aliphatic carbocycles. The summed E-state index contributed by atoms with van der Waals surface area (Å²) in [5, 5.41) is 10.2. The minimum atomic E-state index is -3.94. The number of likely N-dealkylation sites (N-methyl/N-ethyl adjacent to an activating group) is 1. The number of aliphatic hydroxyl groups is 1. The van der Waals surface area contributed by atoms with Gasteiger partial charge in [0.25, 0.3) is 15.9 Å². The number of hydrogen-bond donors (Lipinski definition) is 2. The van der Waals surface area contributed by atoms with E-state index in [0.717, 1.165) is 12.0 Å². The Bertz CT molecular complexity index is 1740. The predicted molar refractivity (Wildman–Crippen MR) is 185 cm³/mol. The summed E-state index contributed by atoms with van der Waals surface area (Å²) in [6.45, 7) is 7.62. The Morgan fingerprint density at radius 2 is 1.67 bits per heavy atom. The van der Waals surface area contributed by atoms with Crippen molar-refractivity contribution >= 4 is 31.6 Å². The lowest BCUT2D eigenvalue weighted by molar-refractivity contribution is -0.00833. The van der Waals surface area contributed by atoms with Gasteiger partial charge in [-0.05, 0) is 82.5 Å². The molecule has 0 radical (unpaired) electrons. The number of rotatable bonds is 9. The normalized spacial score (nSPS) is 20.8. The number of amides is 1. The first kappa shape index (κ1) is 37.3. The smallest absolute Gasteiger partial charge is 0.261 e. The molecular weight excluding hydrogens is 655 g/mol. The van der Waals surface area contributed by atoms with Crippen LogP contribution in [0, 0.1) is 12.8 Å². The number of aliphatic hydroxyl groups excluding tert-OH is 1. The highest BCUT2D eigenvalue weighted by Crippen LogP contribution is 2.30. The molecule has 0 unspecified atom stereocenters. The van der Waals surface area contributed by atoms with E-state index in [1.54, 1.807) is 61.5 Å². The summed E-state index contributed by atoms with van der Waals surface area (Å²) >= 11 is 0. The van der Waals surface area contributed by atoms with Crippen molar-refractivity contribution in [3.05, 3.63) is 83.9 Å². The Morgan fingerprint density at radius 3 is 2.33 bits per heavy atom. The van der Waals surface area contributed by atoms with E-state index in [1.807, 2.05) is 20.8 Å². The molecule has 0 saturated carbocycles. The molecule has 13 heteroatoms. The molecule has 1 aliphatic rings. The number of hydrogen-bond acceptors (Lipinski definition) is 8. The highest BCUT2D eigenvalue weighted by atomic mass is 32.2.